The van der Waals surface area contributed by atoms with Crippen LogP contribution in [-0.2, 0) is 0 Å². The van der Waals surface area contributed by atoms with Gasteiger partial charge in [-0.15, -0.1) is 0 Å². The van der Waals surface area contributed by atoms with Gasteiger partial charge in [0.05, 0.1) is 11.4 Å². The molecule has 2 nitrogen and oxygen atoms in total. The van der Waals surface area contributed by atoms with Crippen molar-refractivity contribution in [3.8, 4) is 6.07 Å². The standard InChI is InChI=1S/C15H10N2S/c16-10-14-15(11-6-2-1-3-7-11)17-12-8-4-5-9-13(12)18-14/h1-9,17H. The van der Waals surface area contributed by atoms with E-state index in [1.165, 1.54) is 11.8 Å². The highest BCUT2D eigenvalue weighted by Crippen LogP contribution is 2.41. The molecule has 0 bridgehead atoms. The maximum atomic E-state index is 9.28. The molecule has 86 valence electrons. The van der Waals surface area contributed by atoms with E-state index in [-0.39, 0.29) is 0 Å². The lowest BCUT2D eigenvalue weighted by Crippen LogP contribution is -2.06. The van der Waals surface area contributed by atoms with E-state index in [0.717, 1.165) is 21.8 Å². The van der Waals surface area contributed by atoms with E-state index in [1.54, 1.807) is 0 Å². The Balaban J connectivity index is 2.09. The van der Waals surface area contributed by atoms with E-state index < -0.39 is 0 Å². The molecule has 0 aromatic heterocycles. The molecule has 18 heavy (non-hydrogen) atoms. The van der Waals surface area contributed by atoms with Crippen LogP contribution in [0.1, 0.15) is 5.56 Å². The molecular weight excluding hydrogens is 240 g/mol. The van der Waals surface area contributed by atoms with Crippen LogP contribution in [0.4, 0.5) is 5.69 Å². The third kappa shape index (κ3) is 1.87. The Morgan fingerprint density at radius 2 is 1.67 bits per heavy atom. The number of benzene rings is 2. The first-order valence-electron chi connectivity index (χ1n) is 5.62. The Morgan fingerprint density at radius 1 is 0.944 bits per heavy atom. The molecule has 0 atom stereocenters. The molecule has 0 fully saturated rings. The quantitative estimate of drug-likeness (QED) is 0.827. The Morgan fingerprint density at radius 3 is 2.44 bits per heavy atom. The smallest absolute Gasteiger partial charge is 0.114 e. The third-order valence-corrected chi connectivity index (χ3v) is 3.83. The fourth-order valence-corrected chi connectivity index (χ4v) is 2.81. The molecule has 0 unspecified atom stereocenters. The van der Waals surface area contributed by atoms with Crippen LogP contribution in [0.3, 0.4) is 0 Å². The summed E-state index contributed by atoms with van der Waals surface area (Å²) in [5.74, 6) is 0. The molecule has 1 N–H and O–H groups in total. The normalized spacial score (nSPS) is 13.5. The summed E-state index contributed by atoms with van der Waals surface area (Å²) in [7, 11) is 0. The number of nitriles is 1. The summed E-state index contributed by atoms with van der Waals surface area (Å²) in [5.41, 5.74) is 2.98. The van der Waals surface area contributed by atoms with Crippen LogP contribution in [0, 0.1) is 11.3 Å². The monoisotopic (exact) mass is 250 g/mol. The number of nitrogens with zero attached hydrogens (tertiary/aromatic N) is 1. The lowest BCUT2D eigenvalue weighted by molar-refractivity contribution is 1.39. The number of hydrogen-bond acceptors (Lipinski definition) is 3. The van der Waals surface area contributed by atoms with E-state index in [1.807, 2.05) is 54.6 Å². The first-order valence-corrected chi connectivity index (χ1v) is 6.44. The Bertz CT molecular complexity index is 654. The molecular formula is C15H10N2S. The van der Waals surface area contributed by atoms with E-state index in [9.17, 15) is 5.26 Å². The van der Waals surface area contributed by atoms with Crippen molar-refractivity contribution in [3.05, 3.63) is 65.1 Å². The van der Waals surface area contributed by atoms with Gasteiger partial charge in [0.1, 0.15) is 11.0 Å². The zero-order valence-corrected chi connectivity index (χ0v) is 10.4. The van der Waals surface area contributed by atoms with Crippen LogP contribution in [0.25, 0.3) is 5.70 Å². The van der Waals surface area contributed by atoms with Crippen LogP contribution >= 0.6 is 11.8 Å². The van der Waals surface area contributed by atoms with E-state index in [0.29, 0.717) is 4.91 Å². The fourth-order valence-electron chi connectivity index (χ4n) is 1.90. The highest BCUT2D eigenvalue weighted by molar-refractivity contribution is 8.03. The number of allylic oxidation sites excluding steroid dienone is 1. The summed E-state index contributed by atoms with van der Waals surface area (Å²) >= 11 is 1.52. The first-order chi connectivity index (χ1) is 8.88. The van der Waals surface area contributed by atoms with Gasteiger partial charge in [-0.05, 0) is 17.7 Å². The Kier molecular flexibility index (Phi) is 2.79. The van der Waals surface area contributed by atoms with Crippen molar-refractivity contribution in [1.29, 1.82) is 5.26 Å². The summed E-state index contributed by atoms with van der Waals surface area (Å²) in [6, 6.07) is 20.2. The van der Waals surface area contributed by atoms with E-state index >= 15 is 0 Å². The van der Waals surface area contributed by atoms with Crippen LogP contribution in [0.15, 0.2) is 64.4 Å². The molecule has 3 rings (SSSR count). The topological polar surface area (TPSA) is 35.8 Å². The zero-order chi connectivity index (χ0) is 12.4. The molecule has 0 radical (unpaired) electrons. The summed E-state index contributed by atoms with van der Waals surface area (Å²) in [4.78, 5) is 1.80. The maximum absolute atomic E-state index is 9.28. The van der Waals surface area contributed by atoms with Crippen molar-refractivity contribution in [2.24, 2.45) is 0 Å². The summed E-state index contributed by atoms with van der Waals surface area (Å²) in [6.45, 7) is 0. The van der Waals surface area contributed by atoms with Crippen LogP contribution in [-0.4, -0.2) is 0 Å². The predicted octanol–water partition coefficient (Wildman–Crippen LogP) is 4.10. The van der Waals surface area contributed by atoms with Gasteiger partial charge < -0.3 is 5.32 Å². The number of hydrogen-bond donors (Lipinski definition) is 1. The largest absolute Gasteiger partial charge is 0.353 e. The second-order valence-electron chi connectivity index (χ2n) is 3.91. The van der Waals surface area contributed by atoms with E-state index in [4.69, 9.17) is 0 Å². The van der Waals surface area contributed by atoms with Gasteiger partial charge in [-0.3, -0.25) is 0 Å². The average molecular weight is 250 g/mol. The van der Waals surface area contributed by atoms with Crippen molar-refractivity contribution in [2.45, 2.75) is 4.90 Å². The van der Waals surface area contributed by atoms with Gasteiger partial charge in [0.15, 0.2) is 0 Å². The molecule has 2 aromatic carbocycles. The van der Waals surface area contributed by atoms with Gasteiger partial charge >= 0.3 is 0 Å². The highest BCUT2D eigenvalue weighted by Gasteiger charge is 2.18. The predicted molar refractivity (Wildman–Crippen MR) is 74.9 cm³/mol. The van der Waals surface area contributed by atoms with E-state index in [2.05, 4.69) is 11.4 Å². The molecule has 0 saturated carbocycles. The second-order valence-corrected chi connectivity index (χ2v) is 4.96. The number of thioether (sulfide) groups is 1. The van der Waals surface area contributed by atoms with Crippen LogP contribution < -0.4 is 5.32 Å². The van der Waals surface area contributed by atoms with Gasteiger partial charge in [-0.25, -0.2) is 0 Å². The number of para-hydroxylation sites is 1. The fraction of sp³-hybridized carbons (Fsp3) is 0. The zero-order valence-electron chi connectivity index (χ0n) is 9.55. The summed E-state index contributed by atoms with van der Waals surface area (Å²) in [5, 5.41) is 12.6. The van der Waals surface area contributed by atoms with Gasteiger partial charge in [0, 0.05) is 4.90 Å². The SMILES string of the molecule is N#CC1=C(c2ccccc2)Nc2ccccc2S1. The third-order valence-electron chi connectivity index (χ3n) is 2.75. The lowest BCUT2D eigenvalue weighted by atomic mass is 10.1. The Labute approximate surface area is 110 Å². The molecule has 0 amide bonds. The van der Waals surface area contributed by atoms with Crippen molar-refractivity contribution in [1.82, 2.24) is 0 Å². The number of fused-ring (bicyclic) bond motifs is 1. The molecule has 1 aliphatic heterocycles. The molecule has 0 saturated heterocycles. The minimum atomic E-state index is 0.708. The molecule has 1 heterocycles. The number of anilines is 1. The first kappa shape index (κ1) is 10.9. The van der Waals surface area contributed by atoms with Gasteiger partial charge in [0.25, 0.3) is 0 Å². The van der Waals surface area contributed by atoms with Gasteiger partial charge in [0.2, 0.25) is 0 Å². The lowest BCUT2D eigenvalue weighted by Gasteiger charge is -2.21. The number of rotatable bonds is 1. The van der Waals surface area contributed by atoms with Crippen LogP contribution in [0.2, 0.25) is 0 Å². The molecule has 2 aromatic rings. The molecule has 1 aliphatic rings. The van der Waals surface area contributed by atoms with Crippen molar-refractivity contribution in [2.75, 3.05) is 5.32 Å². The maximum Gasteiger partial charge on any atom is 0.114 e. The molecule has 0 spiro atoms. The minimum Gasteiger partial charge on any atom is -0.353 e. The van der Waals surface area contributed by atoms with Gasteiger partial charge in [-0.1, -0.05) is 54.2 Å². The Hall–Kier alpha value is -2.18. The minimum absolute atomic E-state index is 0.708. The average Bonchev–Trinajstić information content (AvgIpc) is 2.46. The highest BCUT2D eigenvalue weighted by atomic mass is 32.2. The molecule has 3 heteroatoms. The second kappa shape index (κ2) is 4.59. The van der Waals surface area contributed by atoms with Gasteiger partial charge in [-0.2, -0.15) is 5.26 Å². The molecule has 0 aliphatic carbocycles. The van der Waals surface area contributed by atoms with Crippen molar-refractivity contribution < 1.29 is 0 Å². The van der Waals surface area contributed by atoms with Crippen molar-refractivity contribution >= 4 is 23.1 Å². The number of nitrogens with one attached hydrogen (secondary N) is 1. The van der Waals surface area contributed by atoms with Crippen molar-refractivity contribution in [3.63, 3.8) is 0 Å². The van der Waals surface area contributed by atoms with Crippen LogP contribution in [0.5, 0.6) is 0 Å². The summed E-state index contributed by atoms with van der Waals surface area (Å²) in [6.07, 6.45) is 0. The summed E-state index contributed by atoms with van der Waals surface area (Å²) < 4.78 is 0.